The second-order valence-corrected chi connectivity index (χ2v) is 6.47. The van der Waals surface area contributed by atoms with Crippen LogP contribution in [0.2, 0.25) is 0 Å². The molecule has 110 valence electrons. The molecule has 1 atom stereocenters. The molecule has 1 aromatic rings. The third-order valence-corrected chi connectivity index (χ3v) is 4.80. The summed E-state index contributed by atoms with van der Waals surface area (Å²) in [5.74, 6) is 1.25. The molecule has 1 unspecified atom stereocenters. The fourth-order valence-electron chi connectivity index (χ4n) is 2.51. The van der Waals surface area contributed by atoms with Crippen molar-refractivity contribution in [1.82, 2.24) is 10.2 Å². The van der Waals surface area contributed by atoms with Crippen molar-refractivity contribution in [1.29, 1.82) is 0 Å². The van der Waals surface area contributed by atoms with Crippen molar-refractivity contribution in [2.75, 3.05) is 25.9 Å². The molecule has 2 rings (SSSR count). The average molecular weight is 292 g/mol. The van der Waals surface area contributed by atoms with Crippen LogP contribution < -0.4 is 5.32 Å². The number of nitrogens with zero attached hydrogens (tertiary/aromatic N) is 1. The molecule has 1 fully saturated rings. The van der Waals surface area contributed by atoms with Crippen LogP contribution in [0.25, 0.3) is 0 Å². The molecule has 0 spiro atoms. The van der Waals surface area contributed by atoms with E-state index < -0.39 is 0 Å². The Hall–Kier alpha value is -1.00. The van der Waals surface area contributed by atoms with Crippen LogP contribution in [0.1, 0.15) is 25.7 Å². The first-order valence-electron chi connectivity index (χ1n) is 7.43. The molecule has 0 bridgehead atoms. The smallest absolute Gasteiger partial charge is 0.237 e. The number of thioether (sulfide) groups is 1. The van der Waals surface area contributed by atoms with Gasteiger partial charge in [0, 0.05) is 11.4 Å². The summed E-state index contributed by atoms with van der Waals surface area (Å²) in [6.07, 6.45) is 4.41. The summed E-state index contributed by atoms with van der Waals surface area (Å²) >= 11 is 1.85. The molecule has 0 radical (unpaired) electrons. The summed E-state index contributed by atoms with van der Waals surface area (Å²) < 4.78 is 0. The normalized spacial score (nSPS) is 19.8. The minimum atomic E-state index is 0.0885. The summed E-state index contributed by atoms with van der Waals surface area (Å²) in [4.78, 5) is 15.6. The van der Waals surface area contributed by atoms with Gasteiger partial charge in [-0.2, -0.15) is 0 Å². The number of piperidine rings is 1. The lowest BCUT2D eigenvalue weighted by Crippen LogP contribution is -2.47. The number of rotatable bonds is 6. The van der Waals surface area contributed by atoms with E-state index in [0.717, 1.165) is 31.7 Å². The van der Waals surface area contributed by atoms with Crippen LogP contribution in [0.15, 0.2) is 35.2 Å². The van der Waals surface area contributed by atoms with Gasteiger partial charge in [0.15, 0.2) is 0 Å². The van der Waals surface area contributed by atoms with Crippen LogP contribution in [0, 0.1) is 0 Å². The van der Waals surface area contributed by atoms with E-state index in [-0.39, 0.29) is 11.9 Å². The molecule has 1 N–H and O–H groups in total. The molecule has 20 heavy (non-hydrogen) atoms. The summed E-state index contributed by atoms with van der Waals surface area (Å²) in [6.45, 7) is 1.82. The van der Waals surface area contributed by atoms with E-state index in [1.54, 1.807) is 0 Å². The Balaban J connectivity index is 1.59. The Kier molecular flexibility index (Phi) is 6.40. The number of amides is 1. The van der Waals surface area contributed by atoms with Crippen molar-refractivity contribution in [2.45, 2.75) is 36.6 Å². The van der Waals surface area contributed by atoms with Gasteiger partial charge in [-0.05, 0) is 50.7 Å². The van der Waals surface area contributed by atoms with Gasteiger partial charge in [0.2, 0.25) is 5.91 Å². The van der Waals surface area contributed by atoms with E-state index >= 15 is 0 Å². The molecular formula is C16H24N2OS. The number of hydrogen-bond acceptors (Lipinski definition) is 3. The molecule has 0 aliphatic carbocycles. The maximum absolute atomic E-state index is 12.1. The van der Waals surface area contributed by atoms with E-state index in [9.17, 15) is 4.79 Å². The predicted octanol–water partition coefficient (Wildman–Crippen LogP) is 2.77. The average Bonchev–Trinajstić information content (AvgIpc) is 2.48. The first-order valence-corrected chi connectivity index (χ1v) is 8.42. The van der Waals surface area contributed by atoms with Gasteiger partial charge in [-0.1, -0.05) is 24.6 Å². The molecule has 1 aromatic carbocycles. The van der Waals surface area contributed by atoms with Crippen LogP contribution in [0.3, 0.4) is 0 Å². The monoisotopic (exact) mass is 292 g/mol. The van der Waals surface area contributed by atoms with Gasteiger partial charge in [-0.25, -0.2) is 0 Å². The molecule has 4 heteroatoms. The van der Waals surface area contributed by atoms with E-state index in [1.807, 2.05) is 17.8 Å². The Morgan fingerprint density at radius 2 is 2.15 bits per heavy atom. The number of carbonyl (C=O) groups excluding carboxylic acids is 1. The maximum atomic E-state index is 12.1. The van der Waals surface area contributed by atoms with Crippen LogP contribution in [0.5, 0.6) is 0 Å². The van der Waals surface area contributed by atoms with Gasteiger partial charge in [0.25, 0.3) is 0 Å². The molecule has 3 nitrogen and oxygen atoms in total. The lowest BCUT2D eigenvalue weighted by atomic mass is 10.0. The van der Waals surface area contributed by atoms with E-state index in [4.69, 9.17) is 0 Å². The minimum Gasteiger partial charge on any atom is -0.355 e. The molecule has 1 aliphatic rings. The van der Waals surface area contributed by atoms with Gasteiger partial charge in [0.1, 0.15) is 0 Å². The van der Waals surface area contributed by atoms with Gasteiger partial charge < -0.3 is 5.32 Å². The first kappa shape index (κ1) is 15.4. The van der Waals surface area contributed by atoms with Crippen LogP contribution in [0.4, 0.5) is 0 Å². The number of benzene rings is 1. The predicted molar refractivity (Wildman–Crippen MR) is 85.1 cm³/mol. The largest absolute Gasteiger partial charge is 0.355 e. The standard InChI is InChI=1S/C16H24N2OS/c1-18-12-6-5-10-15(18)16(19)17-11-7-13-20-14-8-3-2-4-9-14/h2-4,8-9,15H,5-7,10-13H2,1H3,(H,17,19). The number of likely N-dealkylation sites (tertiary alicyclic amines) is 1. The van der Waals surface area contributed by atoms with Gasteiger partial charge in [0.05, 0.1) is 6.04 Å². The number of nitrogens with one attached hydrogen (secondary N) is 1. The zero-order valence-electron chi connectivity index (χ0n) is 12.2. The Labute approximate surface area is 126 Å². The van der Waals surface area contributed by atoms with Crippen molar-refractivity contribution in [3.05, 3.63) is 30.3 Å². The molecule has 1 saturated heterocycles. The summed E-state index contributed by atoms with van der Waals surface area (Å²) in [5, 5.41) is 3.08. The molecule has 1 amide bonds. The van der Waals surface area contributed by atoms with Crippen molar-refractivity contribution in [2.24, 2.45) is 0 Å². The maximum Gasteiger partial charge on any atom is 0.237 e. The minimum absolute atomic E-state index is 0.0885. The highest BCUT2D eigenvalue weighted by molar-refractivity contribution is 7.99. The summed E-state index contributed by atoms with van der Waals surface area (Å²) in [7, 11) is 2.05. The van der Waals surface area contributed by atoms with Crippen LogP contribution in [-0.2, 0) is 4.79 Å². The van der Waals surface area contributed by atoms with E-state index in [2.05, 4.69) is 41.5 Å². The molecule has 0 saturated carbocycles. The van der Waals surface area contributed by atoms with Crippen molar-refractivity contribution >= 4 is 17.7 Å². The molecule has 0 aromatic heterocycles. The first-order chi connectivity index (χ1) is 9.77. The second kappa shape index (κ2) is 8.32. The zero-order chi connectivity index (χ0) is 14.2. The SMILES string of the molecule is CN1CCCCC1C(=O)NCCCSc1ccccc1. The van der Waals surface area contributed by atoms with E-state index in [0.29, 0.717) is 0 Å². The Morgan fingerprint density at radius 3 is 2.90 bits per heavy atom. The summed E-state index contributed by atoms with van der Waals surface area (Å²) in [6, 6.07) is 10.5. The third kappa shape index (κ3) is 4.84. The fraction of sp³-hybridized carbons (Fsp3) is 0.562. The quantitative estimate of drug-likeness (QED) is 0.646. The topological polar surface area (TPSA) is 32.3 Å². The van der Waals surface area contributed by atoms with E-state index in [1.165, 1.54) is 17.7 Å². The van der Waals surface area contributed by atoms with Crippen molar-refractivity contribution in [3.63, 3.8) is 0 Å². The second-order valence-electron chi connectivity index (χ2n) is 5.30. The lowest BCUT2D eigenvalue weighted by molar-refractivity contribution is -0.126. The van der Waals surface area contributed by atoms with Crippen LogP contribution >= 0.6 is 11.8 Å². The third-order valence-electron chi connectivity index (χ3n) is 3.71. The fourth-order valence-corrected chi connectivity index (χ4v) is 3.39. The number of hydrogen-bond donors (Lipinski definition) is 1. The lowest BCUT2D eigenvalue weighted by Gasteiger charge is -2.31. The highest BCUT2D eigenvalue weighted by Gasteiger charge is 2.25. The number of likely N-dealkylation sites (N-methyl/N-ethyl adjacent to an activating group) is 1. The number of carbonyl (C=O) groups is 1. The summed E-state index contributed by atoms with van der Waals surface area (Å²) in [5.41, 5.74) is 0. The van der Waals surface area contributed by atoms with Crippen molar-refractivity contribution < 1.29 is 4.79 Å². The molecule has 1 heterocycles. The highest BCUT2D eigenvalue weighted by Crippen LogP contribution is 2.17. The molecule has 1 aliphatic heterocycles. The zero-order valence-corrected chi connectivity index (χ0v) is 13.0. The van der Waals surface area contributed by atoms with Gasteiger partial charge in [-0.15, -0.1) is 11.8 Å². The van der Waals surface area contributed by atoms with Gasteiger partial charge in [-0.3, -0.25) is 9.69 Å². The van der Waals surface area contributed by atoms with Crippen molar-refractivity contribution in [3.8, 4) is 0 Å². The van der Waals surface area contributed by atoms with Crippen LogP contribution in [-0.4, -0.2) is 42.7 Å². The Morgan fingerprint density at radius 1 is 1.35 bits per heavy atom. The van der Waals surface area contributed by atoms with Gasteiger partial charge >= 0.3 is 0 Å². The molecular weight excluding hydrogens is 268 g/mol. The Bertz CT molecular complexity index is 410. The highest BCUT2D eigenvalue weighted by atomic mass is 32.2.